The predicted octanol–water partition coefficient (Wildman–Crippen LogP) is 1.52. The molecule has 0 N–H and O–H groups in total. The molecule has 2 saturated heterocycles. The monoisotopic (exact) mass is 368 g/mol. The van der Waals surface area contributed by atoms with Crippen molar-refractivity contribution < 1.29 is 14.4 Å². The smallest absolute Gasteiger partial charge is 0.249 e. The highest BCUT2D eigenvalue weighted by atomic mass is 16.2. The van der Waals surface area contributed by atoms with Crippen LogP contribution in [-0.4, -0.2) is 59.7 Å². The van der Waals surface area contributed by atoms with Crippen molar-refractivity contribution in [1.29, 1.82) is 5.26 Å². The first-order valence-corrected chi connectivity index (χ1v) is 9.27. The van der Waals surface area contributed by atoms with Crippen LogP contribution in [0.3, 0.4) is 0 Å². The van der Waals surface area contributed by atoms with E-state index in [0.717, 1.165) is 6.42 Å². The molecule has 2 fully saturated rings. The van der Waals surface area contributed by atoms with Gasteiger partial charge in [0.25, 0.3) is 0 Å². The molecule has 0 saturated carbocycles. The van der Waals surface area contributed by atoms with Gasteiger partial charge < -0.3 is 14.7 Å². The summed E-state index contributed by atoms with van der Waals surface area (Å²) < 4.78 is 0. The standard InChI is InChI=1S/C20H24N4O3/c1-14(25)23-11-9-16-7-8-18(24(16)19(26)10-12-23)20(27)22(2)17-6-4-3-5-15(17)13-21/h3-6,16,18H,7-12H2,1-2H3/t16-,18+/m1/s1. The Morgan fingerprint density at radius 1 is 1.19 bits per heavy atom. The lowest BCUT2D eigenvalue weighted by molar-refractivity contribution is -0.142. The zero-order valence-electron chi connectivity index (χ0n) is 15.7. The number of anilines is 1. The Kier molecular flexibility index (Phi) is 5.45. The number of carbonyl (C=O) groups excluding carboxylic acids is 3. The Labute approximate surface area is 159 Å². The van der Waals surface area contributed by atoms with Gasteiger partial charge in [0.15, 0.2) is 0 Å². The van der Waals surface area contributed by atoms with Crippen molar-refractivity contribution in [2.75, 3.05) is 25.0 Å². The van der Waals surface area contributed by atoms with Crippen LogP contribution in [0.15, 0.2) is 24.3 Å². The fraction of sp³-hybridized carbons (Fsp3) is 0.500. The normalized spacial score (nSPS) is 22.5. The number of nitriles is 1. The number of benzene rings is 1. The van der Waals surface area contributed by atoms with E-state index in [1.807, 2.05) is 0 Å². The highest BCUT2D eigenvalue weighted by Gasteiger charge is 2.42. The molecular formula is C20H24N4O3. The minimum atomic E-state index is -0.511. The Morgan fingerprint density at radius 3 is 2.63 bits per heavy atom. The molecule has 0 aromatic heterocycles. The number of nitrogens with zero attached hydrogens (tertiary/aromatic N) is 4. The van der Waals surface area contributed by atoms with Crippen LogP contribution in [0, 0.1) is 11.3 Å². The third-order valence-corrected chi connectivity index (χ3v) is 5.57. The lowest BCUT2D eigenvalue weighted by atomic mass is 10.1. The molecule has 142 valence electrons. The minimum absolute atomic E-state index is 0.0188. The molecule has 0 spiro atoms. The quantitative estimate of drug-likeness (QED) is 0.792. The Balaban J connectivity index is 1.80. The number of hydrogen-bond acceptors (Lipinski definition) is 4. The molecule has 1 aromatic carbocycles. The van der Waals surface area contributed by atoms with Crippen LogP contribution in [0.2, 0.25) is 0 Å². The van der Waals surface area contributed by atoms with Gasteiger partial charge in [-0.05, 0) is 31.4 Å². The summed E-state index contributed by atoms with van der Waals surface area (Å²) in [7, 11) is 1.65. The summed E-state index contributed by atoms with van der Waals surface area (Å²) in [5.41, 5.74) is 0.981. The van der Waals surface area contributed by atoms with Crippen molar-refractivity contribution in [3.8, 4) is 6.07 Å². The zero-order valence-corrected chi connectivity index (χ0v) is 15.7. The lowest BCUT2D eigenvalue weighted by Gasteiger charge is -2.36. The van der Waals surface area contributed by atoms with Gasteiger partial charge in [0.05, 0.1) is 11.3 Å². The van der Waals surface area contributed by atoms with Gasteiger partial charge in [-0.15, -0.1) is 0 Å². The first-order valence-electron chi connectivity index (χ1n) is 9.27. The van der Waals surface area contributed by atoms with Gasteiger partial charge in [-0.2, -0.15) is 5.26 Å². The molecule has 27 heavy (non-hydrogen) atoms. The largest absolute Gasteiger partial charge is 0.342 e. The molecule has 2 heterocycles. The number of amides is 3. The molecule has 0 unspecified atom stereocenters. The summed E-state index contributed by atoms with van der Waals surface area (Å²) in [6, 6.07) is 8.54. The molecule has 0 radical (unpaired) electrons. The fourth-order valence-corrected chi connectivity index (χ4v) is 4.08. The van der Waals surface area contributed by atoms with Gasteiger partial charge in [0, 0.05) is 39.5 Å². The van der Waals surface area contributed by atoms with E-state index < -0.39 is 6.04 Å². The first-order chi connectivity index (χ1) is 12.9. The van der Waals surface area contributed by atoms with Crippen molar-refractivity contribution in [3.05, 3.63) is 29.8 Å². The summed E-state index contributed by atoms with van der Waals surface area (Å²) in [5.74, 6) is -0.268. The third-order valence-electron chi connectivity index (χ3n) is 5.57. The van der Waals surface area contributed by atoms with E-state index in [4.69, 9.17) is 0 Å². The third kappa shape index (κ3) is 3.65. The summed E-state index contributed by atoms with van der Waals surface area (Å²) in [4.78, 5) is 42.5. The summed E-state index contributed by atoms with van der Waals surface area (Å²) in [5, 5.41) is 9.30. The Bertz CT molecular complexity index is 801. The number of likely N-dealkylation sites (N-methyl/N-ethyl adjacent to an activating group) is 1. The molecule has 2 aliphatic rings. The van der Waals surface area contributed by atoms with Crippen LogP contribution in [-0.2, 0) is 14.4 Å². The molecule has 3 amide bonds. The molecular weight excluding hydrogens is 344 g/mol. The van der Waals surface area contributed by atoms with Gasteiger partial charge in [0.2, 0.25) is 17.7 Å². The second kappa shape index (κ2) is 7.78. The molecule has 1 aromatic rings. The van der Waals surface area contributed by atoms with Gasteiger partial charge in [-0.25, -0.2) is 0 Å². The minimum Gasteiger partial charge on any atom is -0.342 e. The maximum atomic E-state index is 13.1. The van der Waals surface area contributed by atoms with Crippen LogP contribution in [0.1, 0.15) is 38.2 Å². The lowest BCUT2D eigenvalue weighted by Crippen LogP contribution is -2.52. The van der Waals surface area contributed by atoms with Crippen molar-refractivity contribution >= 4 is 23.4 Å². The Morgan fingerprint density at radius 2 is 1.93 bits per heavy atom. The summed E-state index contributed by atoms with van der Waals surface area (Å²) >= 11 is 0. The van der Waals surface area contributed by atoms with Crippen LogP contribution < -0.4 is 4.90 Å². The maximum absolute atomic E-state index is 13.1. The second-order valence-electron chi connectivity index (χ2n) is 7.12. The number of hydrogen-bond donors (Lipinski definition) is 0. The van der Waals surface area contributed by atoms with E-state index in [-0.39, 0.29) is 30.2 Å². The second-order valence-corrected chi connectivity index (χ2v) is 7.12. The molecule has 0 bridgehead atoms. The molecule has 7 heteroatoms. The van der Waals surface area contributed by atoms with E-state index in [1.54, 1.807) is 41.1 Å². The molecule has 2 aliphatic heterocycles. The average Bonchev–Trinajstić information content (AvgIpc) is 3.08. The maximum Gasteiger partial charge on any atom is 0.249 e. The van der Waals surface area contributed by atoms with Gasteiger partial charge in [-0.1, -0.05) is 12.1 Å². The summed E-state index contributed by atoms with van der Waals surface area (Å²) in [6.45, 7) is 2.52. The number of para-hydroxylation sites is 1. The van der Waals surface area contributed by atoms with Crippen molar-refractivity contribution in [2.24, 2.45) is 0 Å². The van der Waals surface area contributed by atoms with Gasteiger partial charge in [-0.3, -0.25) is 14.4 Å². The highest BCUT2D eigenvalue weighted by Crippen LogP contribution is 2.31. The molecule has 0 aliphatic carbocycles. The van der Waals surface area contributed by atoms with Gasteiger partial charge in [0.1, 0.15) is 12.1 Å². The predicted molar refractivity (Wildman–Crippen MR) is 99.7 cm³/mol. The van der Waals surface area contributed by atoms with Crippen LogP contribution in [0.4, 0.5) is 5.69 Å². The Hall–Kier alpha value is -2.88. The SMILES string of the molecule is CC(=O)N1CCC(=O)N2[C@H](CC[C@H]2C(=O)N(C)c2ccccc2C#N)CC1. The van der Waals surface area contributed by atoms with Crippen LogP contribution in [0.25, 0.3) is 0 Å². The number of rotatable bonds is 2. The molecule has 7 nitrogen and oxygen atoms in total. The van der Waals surface area contributed by atoms with Crippen molar-refractivity contribution in [3.63, 3.8) is 0 Å². The summed E-state index contributed by atoms with van der Waals surface area (Å²) in [6.07, 6.45) is 2.28. The van der Waals surface area contributed by atoms with E-state index in [2.05, 4.69) is 6.07 Å². The fourth-order valence-electron chi connectivity index (χ4n) is 4.08. The number of fused-ring (bicyclic) bond motifs is 1. The van der Waals surface area contributed by atoms with E-state index in [0.29, 0.717) is 37.2 Å². The molecule has 2 atom stereocenters. The van der Waals surface area contributed by atoms with Gasteiger partial charge >= 0.3 is 0 Å². The number of carbonyl (C=O) groups is 3. The van der Waals surface area contributed by atoms with E-state index >= 15 is 0 Å². The first kappa shape index (κ1) is 18.9. The van der Waals surface area contributed by atoms with Crippen molar-refractivity contribution in [1.82, 2.24) is 9.80 Å². The zero-order chi connectivity index (χ0) is 19.6. The molecule has 3 rings (SSSR count). The topological polar surface area (TPSA) is 84.7 Å². The van der Waals surface area contributed by atoms with E-state index in [9.17, 15) is 19.6 Å². The van der Waals surface area contributed by atoms with Crippen molar-refractivity contribution in [2.45, 2.75) is 44.7 Å². The van der Waals surface area contributed by atoms with Crippen LogP contribution in [0.5, 0.6) is 0 Å². The average molecular weight is 368 g/mol. The van der Waals surface area contributed by atoms with Crippen LogP contribution >= 0.6 is 0 Å². The van der Waals surface area contributed by atoms with E-state index in [1.165, 1.54) is 11.8 Å². The highest BCUT2D eigenvalue weighted by molar-refractivity contribution is 6.00.